The third-order valence-corrected chi connectivity index (χ3v) is 5.37. The van der Waals surface area contributed by atoms with Gasteiger partial charge in [-0.05, 0) is 31.0 Å². The number of ether oxygens (including phenoxy) is 2. The highest BCUT2D eigenvalue weighted by molar-refractivity contribution is 6.52. The summed E-state index contributed by atoms with van der Waals surface area (Å²) in [5.41, 5.74) is 2.25. The highest BCUT2D eigenvalue weighted by Crippen LogP contribution is 2.39. The van der Waals surface area contributed by atoms with E-state index in [1.807, 2.05) is 30.3 Å². The van der Waals surface area contributed by atoms with Crippen LogP contribution in [0.4, 0.5) is 5.69 Å². The van der Waals surface area contributed by atoms with Crippen LogP contribution in [0, 0.1) is 0 Å². The van der Waals surface area contributed by atoms with Crippen LogP contribution in [-0.2, 0) is 4.79 Å². The number of carbonyl (C=O) groups is 2. The van der Waals surface area contributed by atoms with Crippen LogP contribution in [-0.4, -0.2) is 44.0 Å². The summed E-state index contributed by atoms with van der Waals surface area (Å²) in [5, 5.41) is 0. The number of fused-ring (bicyclic) bond motifs is 1. The molecule has 0 spiro atoms. The maximum Gasteiger partial charge on any atom is 0.300 e. The number of likely N-dealkylation sites (tertiary alicyclic amines) is 1. The Kier molecular flexibility index (Phi) is 4.58. The van der Waals surface area contributed by atoms with Crippen molar-refractivity contribution in [3.8, 4) is 11.5 Å². The molecule has 2 aliphatic heterocycles. The zero-order valence-corrected chi connectivity index (χ0v) is 15.5. The van der Waals surface area contributed by atoms with Crippen molar-refractivity contribution in [3.63, 3.8) is 0 Å². The molecule has 1 amide bonds. The molecule has 4 rings (SSSR count). The quantitative estimate of drug-likeness (QED) is 0.762. The molecule has 2 aliphatic rings. The molecule has 0 bridgehead atoms. The summed E-state index contributed by atoms with van der Waals surface area (Å²) in [5.74, 6) is 0.636. The molecule has 2 aromatic rings. The molecule has 0 saturated carbocycles. The Bertz CT molecular complexity index is 896. The van der Waals surface area contributed by atoms with Crippen molar-refractivity contribution in [1.82, 2.24) is 4.90 Å². The highest BCUT2D eigenvalue weighted by atomic mass is 16.5. The maximum atomic E-state index is 12.5. The Morgan fingerprint density at radius 1 is 1.07 bits per heavy atom. The lowest BCUT2D eigenvalue weighted by Gasteiger charge is -2.30. The van der Waals surface area contributed by atoms with E-state index in [9.17, 15) is 9.59 Å². The van der Waals surface area contributed by atoms with Crippen LogP contribution in [0.1, 0.15) is 34.8 Å². The number of ketones is 1. The fourth-order valence-electron chi connectivity index (χ4n) is 4.01. The topological polar surface area (TPSA) is 59.1 Å². The van der Waals surface area contributed by atoms with Crippen LogP contribution in [0.3, 0.4) is 0 Å². The van der Waals surface area contributed by atoms with Gasteiger partial charge in [0.15, 0.2) is 0 Å². The Morgan fingerprint density at radius 3 is 2.67 bits per heavy atom. The van der Waals surface area contributed by atoms with E-state index in [0.29, 0.717) is 17.9 Å². The number of amides is 1. The van der Waals surface area contributed by atoms with E-state index in [1.54, 1.807) is 31.3 Å². The van der Waals surface area contributed by atoms with E-state index in [4.69, 9.17) is 9.47 Å². The molecule has 0 unspecified atom stereocenters. The van der Waals surface area contributed by atoms with Crippen molar-refractivity contribution in [3.05, 3.63) is 53.6 Å². The standard InChI is InChI=1S/C21H22N2O4/c1-26-14-9-10-15(19(12-14)27-2)17-8-5-11-22(17)13-23-18-7-4-3-6-16(18)20(24)21(23)25/h3-4,6-7,9-10,12,17H,5,8,11,13H2,1-2H3/t17-/m1/s1. The lowest BCUT2D eigenvalue weighted by atomic mass is 10.0. The minimum Gasteiger partial charge on any atom is -0.497 e. The van der Waals surface area contributed by atoms with Gasteiger partial charge in [0.2, 0.25) is 0 Å². The number of hydrogen-bond acceptors (Lipinski definition) is 5. The maximum absolute atomic E-state index is 12.5. The molecule has 6 heteroatoms. The number of hydrogen-bond donors (Lipinski definition) is 0. The summed E-state index contributed by atoms with van der Waals surface area (Å²) in [6, 6.07) is 13.1. The van der Waals surface area contributed by atoms with Crippen molar-refractivity contribution in [2.75, 3.05) is 32.3 Å². The number of anilines is 1. The molecule has 0 N–H and O–H groups in total. The zero-order valence-electron chi connectivity index (χ0n) is 15.5. The predicted molar refractivity (Wildman–Crippen MR) is 101 cm³/mol. The third-order valence-electron chi connectivity index (χ3n) is 5.37. The lowest BCUT2D eigenvalue weighted by molar-refractivity contribution is -0.114. The summed E-state index contributed by atoms with van der Waals surface area (Å²) >= 11 is 0. The second kappa shape index (κ2) is 7.04. The number of nitrogens with zero attached hydrogens (tertiary/aromatic N) is 2. The van der Waals surface area contributed by atoms with Crippen LogP contribution in [0.15, 0.2) is 42.5 Å². The van der Waals surface area contributed by atoms with Crippen molar-refractivity contribution >= 4 is 17.4 Å². The highest BCUT2D eigenvalue weighted by Gasteiger charge is 2.38. The number of Topliss-reactive ketones (excluding diaryl/α,β-unsaturated/α-hetero) is 1. The number of carbonyl (C=O) groups excluding carboxylic acids is 2. The van der Waals surface area contributed by atoms with Crippen LogP contribution in [0.5, 0.6) is 11.5 Å². The van der Waals surface area contributed by atoms with Gasteiger partial charge < -0.3 is 9.47 Å². The van der Waals surface area contributed by atoms with E-state index in [0.717, 1.165) is 36.4 Å². The molecule has 140 valence electrons. The Hall–Kier alpha value is -2.86. The molecular weight excluding hydrogens is 344 g/mol. The van der Waals surface area contributed by atoms with E-state index in [2.05, 4.69) is 4.90 Å². The number of rotatable bonds is 5. The van der Waals surface area contributed by atoms with Gasteiger partial charge in [0.05, 0.1) is 32.1 Å². The van der Waals surface area contributed by atoms with E-state index in [1.165, 1.54) is 0 Å². The normalized spacial score (nSPS) is 19.5. The summed E-state index contributed by atoms with van der Waals surface area (Å²) in [7, 11) is 3.28. The average molecular weight is 366 g/mol. The zero-order chi connectivity index (χ0) is 19.0. The Morgan fingerprint density at radius 2 is 1.89 bits per heavy atom. The van der Waals surface area contributed by atoms with Crippen LogP contribution >= 0.6 is 0 Å². The van der Waals surface area contributed by atoms with Gasteiger partial charge in [-0.2, -0.15) is 0 Å². The molecule has 6 nitrogen and oxygen atoms in total. The monoisotopic (exact) mass is 366 g/mol. The minimum atomic E-state index is -0.455. The smallest absolute Gasteiger partial charge is 0.300 e. The Balaban J connectivity index is 1.62. The van der Waals surface area contributed by atoms with E-state index >= 15 is 0 Å². The molecule has 2 aromatic carbocycles. The average Bonchev–Trinajstić information content (AvgIpc) is 3.26. The molecule has 1 atom stereocenters. The van der Waals surface area contributed by atoms with Gasteiger partial charge in [0, 0.05) is 24.2 Å². The van der Waals surface area contributed by atoms with Gasteiger partial charge in [-0.25, -0.2) is 0 Å². The SMILES string of the molecule is COc1ccc([C@H]2CCCN2CN2C(=O)C(=O)c3ccccc32)c(OC)c1. The van der Waals surface area contributed by atoms with Crippen LogP contribution in [0.2, 0.25) is 0 Å². The van der Waals surface area contributed by atoms with Crippen molar-refractivity contribution in [1.29, 1.82) is 0 Å². The van der Waals surface area contributed by atoms with Crippen LogP contribution in [0.25, 0.3) is 0 Å². The summed E-state index contributed by atoms with van der Waals surface area (Å²) in [6.07, 6.45) is 2.00. The van der Waals surface area contributed by atoms with Crippen molar-refractivity contribution < 1.29 is 19.1 Å². The number of methoxy groups -OCH3 is 2. The van der Waals surface area contributed by atoms with Gasteiger partial charge in [0.25, 0.3) is 5.78 Å². The molecular formula is C21H22N2O4. The van der Waals surface area contributed by atoms with Gasteiger partial charge in [-0.1, -0.05) is 18.2 Å². The minimum absolute atomic E-state index is 0.126. The van der Waals surface area contributed by atoms with Gasteiger partial charge in [-0.15, -0.1) is 0 Å². The first kappa shape index (κ1) is 17.5. The molecule has 0 radical (unpaired) electrons. The second-order valence-electron chi connectivity index (χ2n) is 6.80. The Labute approximate surface area is 158 Å². The molecule has 27 heavy (non-hydrogen) atoms. The molecule has 2 heterocycles. The van der Waals surface area contributed by atoms with Gasteiger partial charge >= 0.3 is 5.91 Å². The largest absolute Gasteiger partial charge is 0.497 e. The molecule has 1 saturated heterocycles. The van der Waals surface area contributed by atoms with Crippen molar-refractivity contribution in [2.24, 2.45) is 0 Å². The number of benzene rings is 2. The summed E-state index contributed by atoms with van der Waals surface area (Å²) in [4.78, 5) is 28.6. The third kappa shape index (κ3) is 2.96. The molecule has 0 aliphatic carbocycles. The van der Waals surface area contributed by atoms with Gasteiger partial charge in [-0.3, -0.25) is 19.4 Å². The predicted octanol–water partition coefficient (Wildman–Crippen LogP) is 3.03. The summed E-state index contributed by atoms with van der Waals surface area (Å²) in [6.45, 7) is 1.25. The first-order valence-electron chi connectivity index (χ1n) is 9.05. The van der Waals surface area contributed by atoms with Crippen LogP contribution < -0.4 is 14.4 Å². The lowest BCUT2D eigenvalue weighted by Crippen LogP contribution is -2.40. The summed E-state index contributed by atoms with van der Waals surface area (Å²) < 4.78 is 10.9. The molecule has 1 fully saturated rings. The first-order valence-corrected chi connectivity index (χ1v) is 9.05. The fourth-order valence-corrected chi connectivity index (χ4v) is 4.01. The number of para-hydroxylation sites is 1. The van der Waals surface area contributed by atoms with E-state index < -0.39 is 11.7 Å². The first-order chi connectivity index (χ1) is 13.1. The van der Waals surface area contributed by atoms with Crippen molar-refractivity contribution in [2.45, 2.75) is 18.9 Å². The fraction of sp³-hybridized carbons (Fsp3) is 0.333. The van der Waals surface area contributed by atoms with E-state index in [-0.39, 0.29) is 6.04 Å². The van der Waals surface area contributed by atoms with Gasteiger partial charge in [0.1, 0.15) is 11.5 Å². The second-order valence-corrected chi connectivity index (χ2v) is 6.80. The molecule has 0 aromatic heterocycles.